The molecule has 0 unspecified atom stereocenters. The van der Waals surface area contributed by atoms with Gasteiger partial charge in [0.15, 0.2) is 0 Å². The molecule has 0 spiro atoms. The van der Waals surface area contributed by atoms with E-state index in [0.29, 0.717) is 12.8 Å². The number of nitro groups is 1. The minimum Gasteiger partial charge on any atom is -0.459 e. The van der Waals surface area contributed by atoms with Crippen molar-refractivity contribution >= 4 is 11.7 Å². The van der Waals surface area contributed by atoms with Crippen LogP contribution in [-0.4, -0.2) is 42.0 Å². The fourth-order valence-corrected chi connectivity index (χ4v) is 2.32. The molecule has 1 saturated heterocycles. The topological polar surface area (TPSA) is 72.7 Å². The number of carbonyl (C=O) groups excluding carboxylic acids is 1. The van der Waals surface area contributed by atoms with Crippen LogP contribution in [0.2, 0.25) is 0 Å². The highest BCUT2D eigenvalue weighted by molar-refractivity contribution is 5.91. The van der Waals surface area contributed by atoms with Crippen LogP contribution >= 0.6 is 0 Å². The molecule has 1 fully saturated rings. The van der Waals surface area contributed by atoms with Crippen molar-refractivity contribution in [1.29, 1.82) is 0 Å². The Morgan fingerprint density at radius 2 is 2.05 bits per heavy atom. The fraction of sp³-hybridized carbons (Fsp3) is 0.500. The van der Waals surface area contributed by atoms with E-state index in [2.05, 4.69) is 4.90 Å². The van der Waals surface area contributed by atoms with Crippen LogP contribution in [0.15, 0.2) is 12.1 Å². The van der Waals surface area contributed by atoms with Gasteiger partial charge in [-0.25, -0.2) is 9.18 Å². The van der Waals surface area contributed by atoms with Crippen molar-refractivity contribution in [2.24, 2.45) is 0 Å². The number of piperidine rings is 1. The largest absolute Gasteiger partial charge is 0.459 e. The summed E-state index contributed by atoms with van der Waals surface area (Å²) in [6, 6.07) is 2.03. The molecule has 114 valence electrons. The van der Waals surface area contributed by atoms with Crippen molar-refractivity contribution in [1.82, 2.24) is 4.90 Å². The smallest absolute Gasteiger partial charge is 0.341 e. The quantitative estimate of drug-likeness (QED) is 0.486. The summed E-state index contributed by atoms with van der Waals surface area (Å²) in [5.74, 6) is -1.60. The molecule has 1 aliphatic rings. The van der Waals surface area contributed by atoms with Gasteiger partial charge in [0.25, 0.3) is 5.69 Å². The average molecular weight is 296 g/mol. The lowest BCUT2D eigenvalue weighted by Crippen LogP contribution is -2.35. The molecule has 0 bridgehead atoms. The standard InChI is InChI=1S/C14H17FN2O4/c1-9-7-10(17(19)20)8-12(13(9)15)14(18)21-11-3-5-16(2)6-4-11/h7-8,11H,3-6H2,1-2H3. The highest BCUT2D eigenvalue weighted by Crippen LogP contribution is 2.23. The summed E-state index contributed by atoms with van der Waals surface area (Å²) >= 11 is 0. The second-order valence-corrected chi connectivity index (χ2v) is 5.29. The van der Waals surface area contributed by atoms with Crippen LogP contribution in [0.4, 0.5) is 10.1 Å². The molecule has 6 nitrogen and oxygen atoms in total. The molecule has 0 amide bonds. The van der Waals surface area contributed by atoms with Gasteiger partial charge in [0, 0.05) is 25.2 Å². The Labute approximate surface area is 121 Å². The lowest BCUT2D eigenvalue weighted by molar-refractivity contribution is -0.385. The molecular weight excluding hydrogens is 279 g/mol. The van der Waals surface area contributed by atoms with E-state index in [4.69, 9.17) is 4.74 Å². The SMILES string of the molecule is Cc1cc([N+](=O)[O-])cc(C(=O)OC2CCN(C)CC2)c1F. The first-order valence-electron chi connectivity index (χ1n) is 6.72. The Morgan fingerprint density at radius 1 is 1.43 bits per heavy atom. The number of nitro benzene ring substituents is 1. The number of nitrogens with zero attached hydrogens (tertiary/aromatic N) is 2. The maximum absolute atomic E-state index is 14.0. The van der Waals surface area contributed by atoms with E-state index >= 15 is 0 Å². The number of hydrogen-bond donors (Lipinski definition) is 0. The van der Waals surface area contributed by atoms with Crippen molar-refractivity contribution in [3.8, 4) is 0 Å². The van der Waals surface area contributed by atoms with Gasteiger partial charge >= 0.3 is 5.97 Å². The number of hydrogen-bond acceptors (Lipinski definition) is 5. The van der Waals surface area contributed by atoms with E-state index in [9.17, 15) is 19.3 Å². The zero-order valence-corrected chi connectivity index (χ0v) is 12.0. The molecule has 1 aliphatic heterocycles. The Bertz CT molecular complexity index is 568. The summed E-state index contributed by atoms with van der Waals surface area (Å²) in [6.07, 6.45) is 1.09. The molecule has 0 saturated carbocycles. The van der Waals surface area contributed by atoms with E-state index in [1.807, 2.05) is 7.05 Å². The Balaban J connectivity index is 2.17. The number of ether oxygens (including phenoxy) is 1. The number of carbonyl (C=O) groups is 1. The minimum atomic E-state index is -0.839. The van der Waals surface area contributed by atoms with Gasteiger partial charge in [-0.1, -0.05) is 0 Å². The zero-order chi connectivity index (χ0) is 15.6. The van der Waals surface area contributed by atoms with Crippen molar-refractivity contribution in [3.63, 3.8) is 0 Å². The number of aryl methyl sites for hydroxylation is 1. The third-order valence-corrected chi connectivity index (χ3v) is 3.61. The summed E-state index contributed by atoms with van der Waals surface area (Å²) in [4.78, 5) is 24.3. The van der Waals surface area contributed by atoms with Gasteiger partial charge < -0.3 is 9.64 Å². The molecule has 0 atom stereocenters. The van der Waals surface area contributed by atoms with Gasteiger partial charge in [0.2, 0.25) is 0 Å². The molecule has 0 radical (unpaired) electrons. The molecule has 1 aromatic rings. The minimum absolute atomic E-state index is 0.0551. The highest BCUT2D eigenvalue weighted by atomic mass is 19.1. The lowest BCUT2D eigenvalue weighted by Gasteiger charge is -2.28. The number of non-ortho nitro benzene ring substituents is 1. The van der Waals surface area contributed by atoms with Crippen LogP contribution in [0.3, 0.4) is 0 Å². The van der Waals surface area contributed by atoms with Gasteiger partial charge in [-0.2, -0.15) is 0 Å². The maximum atomic E-state index is 14.0. The lowest BCUT2D eigenvalue weighted by atomic mass is 10.1. The third-order valence-electron chi connectivity index (χ3n) is 3.61. The zero-order valence-electron chi connectivity index (χ0n) is 12.0. The first kappa shape index (κ1) is 15.4. The molecular formula is C14H17FN2O4. The normalized spacial score (nSPS) is 16.7. The molecule has 0 aliphatic carbocycles. The number of halogens is 1. The van der Waals surface area contributed by atoms with Crippen LogP contribution in [0.25, 0.3) is 0 Å². The highest BCUT2D eigenvalue weighted by Gasteiger charge is 2.25. The number of likely N-dealkylation sites (tertiary alicyclic amines) is 1. The monoisotopic (exact) mass is 296 g/mol. The van der Waals surface area contributed by atoms with E-state index in [0.717, 1.165) is 25.2 Å². The molecule has 1 aromatic carbocycles. The van der Waals surface area contributed by atoms with Crippen molar-refractivity contribution in [3.05, 3.63) is 39.2 Å². The van der Waals surface area contributed by atoms with Gasteiger partial charge in [0.05, 0.1) is 4.92 Å². The molecule has 0 N–H and O–H groups in total. The second kappa shape index (κ2) is 6.17. The fourth-order valence-electron chi connectivity index (χ4n) is 2.32. The van der Waals surface area contributed by atoms with Gasteiger partial charge in [-0.3, -0.25) is 10.1 Å². The Hall–Kier alpha value is -2.02. The molecule has 7 heteroatoms. The van der Waals surface area contributed by atoms with E-state index in [1.165, 1.54) is 6.92 Å². The molecule has 21 heavy (non-hydrogen) atoms. The van der Waals surface area contributed by atoms with Crippen molar-refractivity contribution in [2.45, 2.75) is 25.9 Å². The van der Waals surface area contributed by atoms with Crippen LogP contribution < -0.4 is 0 Å². The summed E-state index contributed by atoms with van der Waals surface area (Å²) < 4.78 is 19.2. The predicted molar refractivity (Wildman–Crippen MR) is 73.7 cm³/mol. The van der Waals surface area contributed by atoms with Crippen LogP contribution in [0.1, 0.15) is 28.8 Å². The van der Waals surface area contributed by atoms with E-state index in [1.54, 1.807) is 0 Å². The Kier molecular flexibility index (Phi) is 4.52. The summed E-state index contributed by atoms with van der Waals surface area (Å²) in [5.41, 5.74) is -0.635. The molecule has 0 aromatic heterocycles. The number of rotatable bonds is 3. The van der Waals surface area contributed by atoms with Gasteiger partial charge in [0.1, 0.15) is 17.5 Å². The van der Waals surface area contributed by atoms with Crippen molar-refractivity contribution in [2.75, 3.05) is 20.1 Å². The first-order valence-corrected chi connectivity index (χ1v) is 6.72. The van der Waals surface area contributed by atoms with Gasteiger partial charge in [-0.15, -0.1) is 0 Å². The number of benzene rings is 1. The van der Waals surface area contributed by atoms with E-state index in [-0.39, 0.29) is 22.9 Å². The second-order valence-electron chi connectivity index (χ2n) is 5.29. The van der Waals surface area contributed by atoms with Gasteiger partial charge in [-0.05, 0) is 32.4 Å². The Morgan fingerprint density at radius 3 is 2.62 bits per heavy atom. The molecule has 2 rings (SSSR count). The maximum Gasteiger partial charge on any atom is 0.341 e. The van der Waals surface area contributed by atoms with E-state index < -0.39 is 16.7 Å². The van der Waals surface area contributed by atoms with Crippen LogP contribution in [0, 0.1) is 22.9 Å². The summed E-state index contributed by atoms with van der Waals surface area (Å²) in [7, 11) is 1.97. The average Bonchev–Trinajstić information content (AvgIpc) is 2.43. The predicted octanol–water partition coefficient (Wildman–Crippen LogP) is 2.29. The van der Waals surface area contributed by atoms with Crippen molar-refractivity contribution < 1.29 is 18.8 Å². The third kappa shape index (κ3) is 3.55. The van der Waals surface area contributed by atoms with Crippen LogP contribution in [0.5, 0.6) is 0 Å². The number of esters is 1. The van der Waals surface area contributed by atoms with Crippen LogP contribution in [-0.2, 0) is 4.74 Å². The summed E-state index contributed by atoms with van der Waals surface area (Å²) in [6.45, 7) is 2.98. The first-order chi connectivity index (χ1) is 9.88. The summed E-state index contributed by atoms with van der Waals surface area (Å²) in [5, 5.41) is 10.8. The molecule has 1 heterocycles.